The summed E-state index contributed by atoms with van der Waals surface area (Å²) in [6, 6.07) is 11.2. The molecule has 27 heavy (non-hydrogen) atoms. The predicted octanol–water partition coefficient (Wildman–Crippen LogP) is 2.48. The number of rotatable bonds is 8. The molecule has 0 fully saturated rings. The van der Waals surface area contributed by atoms with E-state index in [1.165, 1.54) is 12.1 Å². The van der Waals surface area contributed by atoms with Gasteiger partial charge in [-0.15, -0.1) is 0 Å². The number of amides is 2. The van der Waals surface area contributed by atoms with Crippen molar-refractivity contribution in [2.75, 3.05) is 19.7 Å². The van der Waals surface area contributed by atoms with E-state index in [1.807, 2.05) is 31.2 Å². The van der Waals surface area contributed by atoms with Crippen LogP contribution in [0.1, 0.15) is 15.9 Å². The van der Waals surface area contributed by atoms with Crippen LogP contribution < -0.4 is 15.4 Å². The van der Waals surface area contributed by atoms with Gasteiger partial charge in [-0.2, -0.15) is 0 Å². The number of nitro benzene ring substituents is 1. The van der Waals surface area contributed by atoms with Gasteiger partial charge < -0.3 is 15.4 Å². The number of hydrogen-bond acceptors (Lipinski definition) is 5. The van der Waals surface area contributed by atoms with Crippen LogP contribution in [0, 0.1) is 17.0 Å². The standard InChI is InChI=1S/C18H18ClN3O5/c1-12-2-5-14(6-3-12)27-9-8-20-17(23)11-21-18(24)13-4-7-15(19)16(10-13)22(25)26/h2-7,10H,8-9,11H2,1H3,(H,20,23)(H,21,24). The van der Waals surface area contributed by atoms with E-state index in [4.69, 9.17) is 16.3 Å². The summed E-state index contributed by atoms with van der Waals surface area (Å²) in [7, 11) is 0. The highest BCUT2D eigenvalue weighted by Crippen LogP contribution is 2.24. The molecule has 0 heterocycles. The largest absolute Gasteiger partial charge is 0.492 e. The molecule has 0 saturated heterocycles. The van der Waals surface area contributed by atoms with Crippen molar-refractivity contribution in [1.82, 2.24) is 10.6 Å². The zero-order valence-electron chi connectivity index (χ0n) is 14.5. The van der Waals surface area contributed by atoms with E-state index < -0.39 is 16.7 Å². The fraction of sp³-hybridized carbons (Fsp3) is 0.222. The minimum atomic E-state index is -0.681. The van der Waals surface area contributed by atoms with Gasteiger partial charge in [0.15, 0.2) is 0 Å². The number of nitrogens with one attached hydrogen (secondary N) is 2. The van der Waals surface area contributed by atoms with Crippen molar-refractivity contribution in [3.63, 3.8) is 0 Å². The molecule has 0 aromatic heterocycles. The fourth-order valence-electron chi connectivity index (χ4n) is 2.11. The monoisotopic (exact) mass is 391 g/mol. The third-order valence-corrected chi connectivity index (χ3v) is 3.85. The number of hydrogen-bond donors (Lipinski definition) is 2. The van der Waals surface area contributed by atoms with E-state index in [-0.39, 0.29) is 36.0 Å². The Balaban J connectivity index is 1.73. The summed E-state index contributed by atoms with van der Waals surface area (Å²) in [5.41, 5.74) is 0.793. The molecule has 2 N–H and O–H groups in total. The lowest BCUT2D eigenvalue weighted by Gasteiger charge is -2.09. The van der Waals surface area contributed by atoms with Crippen LogP contribution in [0.5, 0.6) is 5.75 Å². The maximum absolute atomic E-state index is 12.0. The van der Waals surface area contributed by atoms with Crippen LogP contribution in [0.15, 0.2) is 42.5 Å². The molecule has 0 atom stereocenters. The molecule has 2 aromatic rings. The van der Waals surface area contributed by atoms with Crippen LogP contribution in [0.25, 0.3) is 0 Å². The van der Waals surface area contributed by atoms with E-state index in [0.29, 0.717) is 5.75 Å². The van der Waals surface area contributed by atoms with E-state index >= 15 is 0 Å². The van der Waals surface area contributed by atoms with Gasteiger partial charge in [-0.1, -0.05) is 29.3 Å². The Morgan fingerprint density at radius 2 is 1.85 bits per heavy atom. The van der Waals surface area contributed by atoms with Gasteiger partial charge in [-0.05, 0) is 31.2 Å². The van der Waals surface area contributed by atoms with Crippen molar-refractivity contribution < 1.29 is 19.2 Å². The topological polar surface area (TPSA) is 111 Å². The number of ether oxygens (including phenoxy) is 1. The number of nitro groups is 1. The third kappa shape index (κ3) is 6.27. The number of benzene rings is 2. The number of halogens is 1. The first-order valence-corrected chi connectivity index (χ1v) is 8.43. The predicted molar refractivity (Wildman–Crippen MR) is 100 cm³/mol. The Labute approximate surface area is 160 Å². The minimum Gasteiger partial charge on any atom is -0.492 e. The highest BCUT2D eigenvalue weighted by Gasteiger charge is 2.16. The molecule has 0 aliphatic rings. The Morgan fingerprint density at radius 3 is 2.52 bits per heavy atom. The molecule has 0 aliphatic heterocycles. The summed E-state index contributed by atoms with van der Waals surface area (Å²) in [6.45, 7) is 2.27. The van der Waals surface area contributed by atoms with Gasteiger partial charge in [-0.3, -0.25) is 19.7 Å². The maximum atomic E-state index is 12.0. The lowest BCUT2D eigenvalue weighted by Crippen LogP contribution is -2.38. The van der Waals surface area contributed by atoms with Crippen LogP contribution in [-0.4, -0.2) is 36.4 Å². The number of aryl methyl sites for hydroxylation is 1. The number of carbonyl (C=O) groups excluding carboxylic acids is 2. The normalized spacial score (nSPS) is 10.1. The van der Waals surface area contributed by atoms with E-state index in [1.54, 1.807) is 0 Å². The van der Waals surface area contributed by atoms with Gasteiger partial charge in [-0.25, -0.2) is 0 Å². The van der Waals surface area contributed by atoms with Crippen molar-refractivity contribution in [1.29, 1.82) is 0 Å². The van der Waals surface area contributed by atoms with Crippen molar-refractivity contribution in [3.8, 4) is 5.75 Å². The molecule has 2 aromatic carbocycles. The zero-order valence-corrected chi connectivity index (χ0v) is 15.3. The summed E-state index contributed by atoms with van der Waals surface area (Å²) in [5.74, 6) is -0.312. The van der Waals surface area contributed by atoms with E-state index in [9.17, 15) is 19.7 Å². The molecule has 0 bridgehead atoms. The van der Waals surface area contributed by atoms with Crippen molar-refractivity contribution in [3.05, 3.63) is 68.7 Å². The molecular weight excluding hydrogens is 374 g/mol. The number of carbonyl (C=O) groups is 2. The lowest BCUT2D eigenvalue weighted by atomic mass is 10.2. The Bertz CT molecular complexity index is 839. The van der Waals surface area contributed by atoms with Gasteiger partial charge in [0, 0.05) is 11.6 Å². The lowest BCUT2D eigenvalue weighted by molar-refractivity contribution is -0.384. The summed E-state index contributed by atoms with van der Waals surface area (Å²) < 4.78 is 5.47. The smallest absolute Gasteiger partial charge is 0.288 e. The Morgan fingerprint density at radius 1 is 1.15 bits per heavy atom. The van der Waals surface area contributed by atoms with Gasteiger partial charge in [0.05, 0.1) is 18.0 Å². The van der Waals surface area contributed by atoms with Crippen molar-refractivity contribution in [2.24, 2.45) is 0 Å². The van der Waals surface area contributed by atoms with Crippen molar-refractivity contribution >= 4 is 29.1 Å². The molecular formula is C18H18ClN3O5. The van der Waals surface area contributed by atoms with Crippen LogP contribution in [0.4, 0.5) is 5.69 Å². The average molecular weight is 392 g/mol. The fourth-order valence-corrected chi connectivity index (χ4v) is 2.30. The third-order valence-electron chi connectivity index (χ3n) is 3.53. The first-order chi connectivity index (χ1) is 12.9. The summed E-state index contributed by atoms with van der Waals surface area (Å²) in [6.07, 6.45) is 0. The summed E-state index contributed by atoms with van der Waals surface area (Å²) in [4.78, 5) is 33.9. The highest BCUT2D eigenvalue weighted by molar-refractivity contribution is 6.32. The van der Waals surface area contributed by atoms with Gasteiger partial charge >= 0.3 is 0 Å². The Hall–Kier alpha value is -3.13. The van der Waals surface area contributed by atoms with Crippen LogP contribution in [0.2, 0.25) is 5.02 Å². The summed E-state index contributed by atoms with van der Waals surface area (Å²) in [5, 5.41) is 15.8. The highest BCUT2D eigenvalue weighted by atomic mass is 35.5. The SMILES string of the molecule is Cc1ccc(OCCNC(=O)CNC(=O)c2ccc(Cl)c([N+](=O)[O-])c2)cc1. The quantitative estimate of drug-likeness (QED) is 0.408. The molecule has 0 spiro atoms. The van der Waals surface area contributed by atoms with Gasteiger partial charge in [0.2, 0.25) is 5.91 Å². The first-order valence-electron chi connectivity index (χ1n) is 8.05. The second-order valence-corrected chi connectivity index (χ2v) is 6.02. The molecule has 9 heteroatoms. The van der Waals surface area contributed by atoms with Crippen molar-refractivity contribution in [2.45, 2.75) is 6.92 Å². The Kier molecular flexibility index (Phi) is 7.13. The molecule has 142 valence electrons. The molecule has 0 radical (unpaired) electrons. The van der Waals surface area contributed by atoms with Crippen LogP contribution >= 0.6 is 11.6 Å². The second kappa shape index (κ2) is 9.54. The summed E-state index contributed by atoms with van der Waals surface area (Å²) >= 11 is 5.70. The van der Waals surface area contributed by atoms with Crippen LogP contribution in [0.3, 0.4) is 0 Å². The average Bonchev–Trinajstić information content (AvgIpc) is 2.64. The van der Waals surface area contributed by atoms with E-state index in [0.717, 1.165) is 11.6 Å². The maximum Gasteiger partial charge on any atom is 0.288 e. The number of nitrogens with zero attached hydrogens (tertiary/aromatic N) is 1. The van der Waals surface area contributed by atoms with E-state index in [2.05, 4.69) is 10.6 Å². The molecule has 0 unspecified atom stereocenters. The molecule has 2 rings (SSSR count). The van der Waals surface area contributed by atoms with Gasteiger partial charge in [0.25, 0.3) is 11.6 Å². The van der Waals surface area contributed by atoms with Crippen LogP contribution in [-0.2, 0) is 4.79 Å². The zero-order chi connectivity index (χ0) is 19.8. The second-order valence-electron chi connectivity index (χ2n) is 5.62. The first kappa shape index (κ1) is 20.2. The molecule has 0 aliphatic carbocycles. The molecule has 8 nitrogen and oxygen atoms in total. The molecule has 0 saturated carbocycles. The molecule has 2 amide bonds. The van der Waals surface area contributed by atoms with Gasteiger partial charge in [0.1, 0.15) is 17.4 Å². The minimum absolute atomic E-state index is 0.0432.